The van der Waals surface area contributed by atoms with Gasteiger partial charge in [-0.1, -0.05) is 0 Å². The van der Waals surface area contributed by atoms with Crippen molar-refractivity contribution in [2.24, 2.45) is 0 Å². The predicted octanol–water partition coefficient (Wildman–Crippen LogP) is 1.37. The van der Waals surface area contributed by atoms with Crippen molar-refractivity contribution in [3.05, 3.63) is 27.8 Å². The molecule has 8 heteroatoms. The first-order valence-electron chi connectivity index (χ1n) is 8.03. The zero-order chi connectivity index (χ0) is 17.5. The molecular weight excluding hydrogens is 314 g/mol. The Balaban J connectivity index is 2.14. The molecule has 1 fully saturated rings. The van der Waals surface area contributed by atoms with Crippen molar-refractivity contribution in [3.8, 4) is 11.5 Å². The number of carbonyl (C=O) groups is 1. The van der Waals surface area contributed by atoms with Gasteiger partial charge in [-0.25, -0.2) is 0 Å². The maximum atomic E-state index is 12.2. The lowest BCUT2D eigenvalue weighted by molar-refractivity contribution is -0.385. The topological polar surface area (TPSA) is 93.9 Å². The minimum atomic E-state index is -0.497. The molecule has 2 rings (SSSR count). The number of amides is 1. The van der Waals surface area contributed by atoms with Gasteiger partial charge in [0.2, 0.25) is 11.7 Å². The Morgan fingerprint density at radius 1 is 1.38 bits per heavy atom. The number of rotatable bonds is 7. The van der Waals surface area contributed by atoms with E-state index < -0.39 is 4.92 Å². The minimum Gasteiger partial charge on any atom is -0.490 e. The third-order valence-corrected chi connectivity index (χ3v) is 3.89. The van der Waals surface area contributed by atoms with Gasteiger partial charge in [0, 0.05) is 38.7 Å². The number of benzene rings is 1. The molecular formula is C16H23N3O5. The van der Waals surface area contributed by atoms with E-state index in [1.807, 2.05) is 4.90 Å². The smallest absolute Gasteiger partial charge is 0.315 e. The molecule has 1 aliphatic heterocycles. The highest BCUT2D eigenvalue weighted by Crippen LogP contribution is 2.38. The molecule has 0 aromatic heterocycles. The van der Waals surface area contributed by atoms with Gasteiger partial charge >= 0.3 is 5.69 Å². The number of nitro groups is 1. The number of aryl methyl sites for hydroxylation is 1. The van der Waals surface area contributed by atoms with Crippen LogP contribution in [0.25, 0.3) is 0 Å². The van der Waals surface area contributed by atoms with Gasteiger partial charge in [0.25, 0.3) is 0 Å². The quantitative estimate of drug-likeness (QED) is 0.596. The molecule has 0 aliphatic carbocycles. The Hall–Kier alpha value is -2.35. The SMILES string of the molecule is CCOc1cc(CCC(=O)N2CCNCC2)cc([N+](=O)[O-])c1OC. The van der Waals surface area contributed by atoms with E-state index in [-0.39, 0.29) is 17.3 Å². The Morgan fingerprint density at radius 2 is 2.08 bits per heavy atom. The molecule has 0 bridgehead atoms. The molecule has 1 aromatic carbocycles. The number of hydrogen-bond acceptors (Lipinski definition) is 6. The second-order valence-electron chi connectivity index (χ2n) is 5.47. The van der Waals surface area contributed by atoms with Crippen LogP contribution in [0.15, 0.2) is 12.1 Å². The summed E-state index contributed by atoms with van der Waals surface area (Å²) < 4.78 is 10.6. The van der Waals surface area contributed by atoms with Crippen molar-refractivity contribution in [1.29, 1.82) is 0 Å². The van der Waals surface area contributed by atoms with Crippen LogP contribution < -0.4 is 14.8 Å². The number of methoxy groups -OCH3 is 1. The van der Waals surface area contributed by atoms with E-state index in [1.54, 1.807) is 13.0 Å². The predicted molar refractivity (Wildman–Crippen MR) is 88.6 cm³/mol. The number of nitrogens with one attached hydrogen (secondary N) is 1. The van der Waals surface area contributed by atoms with Crippen molar-refractivity contribution < 1.29 is 19.2 Å². The van der Waals surface area contributed by atoms with E-state index in [2.05, 4.69) is 5.32 Å². The van der Waals surface area contributed by atoms with Crippen LogP contribution >= 0.6 is 0 Å². The first-order chi connectivity index (χ1) is 11.6. The number of ether oxygens (including phenoxy) is 2. The summed E-state index contributed by atoms with van der Waals surface area (Å²) in [6, 6.07) is 3.16. The lowest BCUT2D eigenvalue weighted by Crippen LogP contribution is -2.46. The standard InChI is InChI=1S/C16H23N3O5/c1-3-24-14-11-12(10-13(19(21)22)16(14)23-2)4-5-15(20)18-8-6-17-7-9-18/h10-11,17H,3-9H2,1-2H3. The molecule has 0 spiro atoms. The zero-order valence-corrected chi connectivity index (χ0v) is 14.0. The molecule has 0 atom stereocenters. The van der Waals surface area contributed by atoms with E-state index in [0.29, 0.717) is 43.9 Å². The van der Waals surface area contributed by atoms with E-state index in [9.17, 15) is 14.9 Å². The normalized spacial score (nSPS) is 14.3. The molecule has 1 aromatic rings. The van der Waals surface area contributed by atoms with Crippen molar-refractivity contribution in [2.45, 2.75) is 19.8 Å². The maximum Gasteiger partial charge on any atom is 0.315 e. The summed E-state index contributed by atoms with van der Waals surface area (Å²) in [6.07, 6.45) is 0.739. The summed E-state index contributed by atoms with van der Waals surface area (Å²) in [6.45, 7) is 5.17. The highest BCUT2D eigenvalue weighted by Gasteiger charge is 2.23. The van der Waals surface area contributed by atoms with Gasteiger partial charge in [0.15, 0.2) is 5.75 Å². The Kier molecular flexibility index (Phi) is 6.36. The summed E-state index contributed by atoms with van der Waals surface area (Å²) >= 11 is 0. The minimum absolute atomic E-state index is 0.0629. The molecule has 8 nitrogen and oxygen atoms in total. The Labute approximate surface area is 140 Å². The molecule has 0 radical (unpaired) electrons. The zero-order valence-electron chi connectivity index (χ0n) is 14.0. The molecule has 0 saturated carbocycles. The van der Waals surface area contributed by atoms with Crippen LogP contribution in [0, 0.1) is 10.1 Å². The third kappa shape index (κ3) is 4.35. The summed E-state index contributed by atoms with van der Waals surface area (Å²) in [4.78, 5) is 24.8. The third-order valence-electron chi connectivity index (χ3n) is 3.89. The first kappa shape index (κ1) is 18.0. The van der Waals surface area contributed by atoms with E-state index in [1.165, 1.54) is 13.2 Å². The molecule has 132 valence electrons. The number of hydrogen-bond donors (Lipinski definition) is 1. The fourth-order valence-electron chi connectivity index (χ4n) is 2.71. The second-order valence-corrected chi connectivity index (χ2v) is 5.47. The van der Waals surface area contributed by atoms with E-state index in [4.69, 9.17) is 9.47 Å². The molecule has 1 amide bonds. The van der Waals surface area contributed by atoms with Gasteiger partial charge in [-0.05, 0) is 25.0 Å². The van der Waals surface area contributed by atoms with Crippen LogP contribution in [0.4, 0.5) is 5.69 Å². The molecule has 1 N–H and O–H groups in total. The van der Waals surface area contributed by atoms with E-state index >= 15 is 0 Å². The van der Waals surface area contributed by atoms with Crippen LogP contribution in [0.3, 0.4) is 0 Å². The van der Waals surface area contributed by atoms with Gasteiger partial charge in [-0.3, -0.25) is 14.9 Å². The van der Waals surface area contributed by atoms with Crippen molar-refractivity contribution in [3.63, 3.8) is 0 Å². The summed E-state index contributed by atoms with van der Waals surface area (Å²) in [5.74, 6) is 0.505. The van der Waals surface area contributed by atoms with Crippen LogP contribution in [-0.2, 0) is 11.2 Å². The number of piperazine rings is 1. The van der Waals surface area contributed by atoms with Crippen LogP contribution in [-0.4, -0.2) is 55.6 Å². The van der Waals surface area contributed by atoms with E-state index in [0.717, 1.165) is 13.1 Å². The average molecular weight is 337 g/mol. The fourth-order valence-corrected chi connectivity index (χ4v) is 2.71. The molecule has 1 saturated heterocycles. The largest absolute Gasteiger partial charge is 0.490 e. The monoisotopic (exact) mass is 337 g/mol. The second kappa shape index (κ2) is 8.49. The highest BCUT2D eigenvalue weighted by atomic mass is 16.6. The Morgan fingerprint density at radius 3 is 2.67 bits per heavy atom. The average Bonchev–Trinajstić information content (AvgIpc) is 2.60. The summed E-state index contributed by atoms with van der Waals surface area (Å²) in [5.41, 5.74) is 0.544. The van der Waals surface area contributed by atoms with Gasteiger partial charge in [-0.2, -0.15) is 0 Å². The first-order valence-corrected chi connectivity index (χ1v) is 8.03. The Bertz CT molecular complexity index is 600. The maximum absolute atomic E-state index is 12.2. The van der Waals surface area contributed by atoms with Gasteiger partial charge in [0.1, 0.15) is 0 Å². The van der Waals surface area contributed by atoms with Gasteiger partial charge in [-0.15, -0.1) is 0 Å². The molecule has 0 unspecified atom stereocenters. The molecule has 1 aliphatic rings. The van der Waals surface area contributed by atoms with Crippen LogP contribution in [0.2, 0.25) is 0 Å². The molecule has 24 heavy (non-hydrogen) atoms. The molecule has 1 heterocycles. The lowest BCUT2D eigenvalue weighted by Gasteiger charge is -2.27. The number of carbonyl (C=O) groups excluding carboxylic acids is 1. The fraction of sp³-hybridized carbons (Fsp3) is 0.562. The summed E-state index contributed by atoms with van der Waals surface area (Å²) in [5, 5.41) is 14.5. The van der Waals surface area contributed by atoms with Crippen molar-refractivity contribution in [1.82, 2.24) is 10.2 Å². The number of nitro benzene ring substituents is 1. The van der Waals surface area contributed by atoms with Crippen molar-refractivity contribution in [2.75, 3.05) is 39.9 Å². The lowest BCUT2D eigenvalue weighted by atomic mass is 10.1. The highest BCUT2D eigenvalue weighted by molar-refractivity contribution is 5.76. The van der Waals surface area contributed by atoms with Gasteiger partial charge < -0.3 is 19.7 Å². The van der Waals surface area contributed by atoms with Crippen LogP contribution in [0.1, 0.15) is 18.9 Å². The van der Waals surface area contributed by atoms with Crippen LogP contribution in [0.5, 0.6) is 11.5 Å². The van der Waals surface area contributed by atoms with Crippen molar-refractivity contribution >= 4 is 11.6 Å². The summed E-state index contributed by atoms with van der Waals surface area (Å²) in [7, 11) is 1.37. The van der Waals surface area contributed by atoms with Gasteiger partial charge in [0.05, 0.1) is 18.6 Å². The number of nitrogens with zero attached hydrogens (tertiary/aromatic N) is 2.